The number of nitrogens with zero attached hydrogens (tertiary/aromatic N) is 2. The lowest BCUT2D eigenvalue weighted by atomic mass is 10.2. The van der Waals surface area contributed by atoms with Crippen LogP contribution in [0.4, 0.5) is 6.01 Å². The minimum Gasteiger partial charge on any atom is -0.496 e. The van der Waals surface area contributed by atoms with Crippen LogP contribution in [0, 0.1) is 0 Å². The normalized spacial score (nSPS) is 10.3. The molecule has 1 aromatic carbocycles. The minimum atomic E-state index is -1.11. The third-order valence-electron chi connectivity index (χ3n) is 3.16. The van der Waals surface area contributed by atoms with Crippen LogP contribution in [-0.2, 0) is 4.79 Å². The van der Waals surface area contributed by atoms with E-state index in [4.69, 9.17) is 19.0 Å². The number of amides is 1. The number of hydrogen-bond acceptors (Lipinski definition) is 8. The zero-order valence-electron chi connectivity index (χ0n) is 13.5. The summed E-state index contributed by atoms with van der Waals surface area (Å²) in [6, 6.07) is 7.95. The maximum Gasteiger partial charge on any atom is 0.341 e. The lowest BCUT2D eigenvalue weighted by Crippen LogP contribution is -2.14. The number of methoxy groups -OCH3 is 1. The van der Waals surface area contributed by atoms with E-state index in [-0.39, 0.29) is 23.1 Å². The molecule has 3 rings (SSSR count). The number of carboxylic acids is 1. The molecule has 0 unspecified atom stereocenters. The zero-order valence-corrected chi connectivity index (χ0v) is 14.3. The van der Waals surface area contributed by atoms with E-state index in [0.717, 1.165) is 4.88 Å². The molecule has 0 saturated carbocycles. The summed E-state index contributed by atoms with van der Waals surface area (Å²) in [5, 5.41) is 20.7. The van der Waals surface area contributed by atoms with Crippen LogP contribution in [0.15, 0.2) is 40.1 Å². The van der Waals surface area contributed by atoms with Crippen LogP contribution < -0.4 is 14.8 Å². The van der Waals surface area contributed by atoms with E-state index in [9.17, 15) is 9.59 Å². The van der Waals surface area contributed by atoms with Crippen LogP contribution in [0.25, 0.3) is 10.8 Å². The summed E-state index contributed by atoms with van der Waals surface area (Å²) in [6.07, 6.45) is 0. The number of thiophene rings is 1. The van der Waals surface area contributed by atoms with Gasteiger partial charge in [0.1, 0.15) is 11.5 Å². The molecule has 134 valence electrons. The third-order valence-corrected chi connectivity index (χ3v) is 4.02. The monoisotopic (exact) mass is 375 g/mol. The van der Waals surface area contributed by atoms with Gasteiger partial charge in [0.05, 0.1) is 17.6 Å². The van der Waals surface area contributed by atoms with Crippen LogP contribution in [0.3, 0.4) is 0 Å². The fourth-order valence-electron chi connectivity index (χ4n) is 2.03. The first-order chi connectivity index (χ1) is 12.6. The van der Waals surface area contributed by atoms with Crippen molar-refractivity contribution in [2.24, 2.45) is 0 Å². The number of rotatable bonds is 7. The number of nitrogens with one attached hydrogen (secondary N) is 1. The first kappa shape index (κ1) is 17.4. The molecule has 2 heterocycles. The lowest BCUT2D eigenvalue weighted by molar-refractivity contribution is -0.139. The fraction of sp³-hybridized carbons (Fsp3) is 0.125. The Kier molecular flexibility index (Phi) is 5.13. The molecule has 1 amide bonds. The number of ether oxygens (including phenoxy) is 2. The number of hydrogen-bond donors (Lipinski definition) is 2. The van der Waals surface area contributed by atoms with Crippen molar-refractivity contribution in [2.75, 3.05) is 19.0 Å². The zero-order chi connectivity index (χ0) is 18.5. The highest BCUT2D eigenvalue weighted by Crippen LogP contribution is 2.27. The molecule has 0 atom stereocenters. The third kappa shape index (κ3) is 3.98. The van der Waals surface area contributed by atoms with Crippen LogP contribution >= 0.6 is 11.3 Å². The van der Waals surface area contributed by atoms with Gasteiger partial charge in [-0.15, -0.1) is 16.4 Å². The quantitative estimate of drug-likeness (QED) is 0.645. The van der Waals surface area contributed by atoms with Crippen LogP contribution in [-0.4, -0.2) is 40.9 Å². The Bertz CT molecular complexity index is 922. The van der Waals surface area contributed by atoms with Crippen molar-refractivity contribution < 1.29 is 28.6 Å². The van der Waals surface area contributed by atoms with Gasteiger partial charge in [0, 0.05) is 6.07 Å². The van der Waals surface area contributed by atoms with E-state index in [0.29, 0.717) is 5.89 Å². The molecule has 2 aromatic heterocycles. The Morgan fingerprint density at radius 3 is 2.85 bits per heavy atom. The molecule has 0 bridgehead atoms. The van der Waals surface area contributed by atoms with Gasteiger partial charge in [-0.1, -0.05) is 11.2 Å². The van der Waals surface area contributed by atoms with E-state index >= 15 is 0 Å². The summed E-state index contributed by atoms with van der Waals surface area (Å²) >= 11 is 1.43. The molecule has 0 radical (unpaired) electrons. The topological polar surface area (TPSA) is 124 Å². The second kappa shape index (κ2) is 7.66. The number of carbonyl (C=O) groups excluding carboxylic acids is 1. The lowest BCUT2D eigenvalue weighted by Gasteiger charge is -2.10. The smallest absolute Gasteiger partial charge is 0.341 e. The van der Waals surface area contributed by atoms with Crippen molar-refractivity contribution in [3.8, 4) is 22.3 Å². The molecule has 0 saturated heterocycles. The standard InChI is InChI=1S/C16H13N3O6S/c1-23-11-7-9(24-8-13(20)21)4-5-10(11)14(22)17-16-19-18-15(25-16)12-3-2-6-26-12/h2-7H,8H2,1H3,(H,20,21)(H,17,19,22). The summed E-state index contributed by atoms with van der Waals surface area (Å²) in [5.74, 6) is -0.849. The summed E-state index contributed by atoms with van der Waals surface area (Å²) in [6.45, 7) is -0.498. The highest BCUT2D eigenvalue weighted by Gasteiger charge is 2.17. The van der Waals surface area contributed by atoms with E-state index < -0.39 is 18.5 Å². The molecular weight excluding hydrogens is 362 g/mol. The molecule has 10 heteroatoms. The highest BCUT2D eigenvalue weighted by atomic mass is 32.1. The first-order valence-corrected chi connectivity index (χ1v) is 8.16. The highest BCUT2D eigenvalue weighted by molar-refractivity contribution is 7.13. The number of anilines is 1. The number of aliphatic carboxylic acids is 1. The predicted molar refractivity (Wildman–Crippen MR) is 91.7 cm³/mol. The molecule has 0 aliphatic heterocycles. The second-order valence-corrected chi connectivity index (χ2v) is 5.84. The Morgan fingerprint density at radius 1 is 1.31 bits per heavy atom. The van der Waals surface area contributed by atoms with Crippen LogP contribution in [0.2, 0.25) is 0 Å². The molecule has 0 aliphatic rings. The Balaban J connectivity index is 1.74. The van der Waals surface area contributed by atoms with Gasteiger partial charge in [0.25, 0.3) is 11.8 Å². The average Bonchev–Trinajstić information content (AvgIpc) is 3.31. The van der Waals surface area contributed by atoms with Crippen molar-refractivity contribution in [3.05, 3.63) is 41.3 Å². The molecule has 26 heavy (non-hydrogen) atoms. The van der Waals surface area contributed by atoms with Crippen molar-refractivity contribution in [2.45, 2.75) is 0 Å². The maximum atomic E-state index is 12.4. The van der Waals surface area contributed by atoms with E-state index in [1.807, 2.05) is 17.5 Å². The van der Waals surface area contributed by atoms with Gasteiger partial charge in [-0.25, -0.2) is 4.79 Å². The van der Waals surface area contributed by atoms with E-state index in [2.05, 4.69) is 15.5 Å². The number of benzene rings is 1. The Hall–Kier alpha value is -3.40. The molecule has 9 nitrogen and oxygen atoms in total. The van der Waals surface area contributed by atoms with Crippen molar-refractivity contribution in [3.63, 3.8) is 0 Å². The van der Waals surface area contributed by atoms with Gasteiger partial charge in [0.15, 0.2) is 6.61 Å². The molecule has 0 aliphatic carbocycles. The SMILES string of the molecule is COc1cc(OCC(=O)O)ccc1C(=O)Nc1nnc(-c2cccs2)o1. The summed E-state index contributed by atoms with van der Waals surface area (Å²) in [5.41, 5.74) is 0.200. The Morgan fingerprint density at radius 2 is 2.15 bits per heavy atom. The van der Waals surface area contributed by atoms with Gasteiger partial charge in [-0.3, -0.25) is 10.1 Å². The van der Waals surface area contributed by atoms with Crippen molar-refractivity contribution in [1.82, 2.24) is 10.2 Å². The molecule has 0 fully saturated rings. The summed E-state index contributed by atoms with van der Waals surface area (Å²) in [7, 11) is 1.38. The average molecular weight is 375 g/mol. The molecular formula is C16H13N3O6S. The maximum absolute atomic E-state index is 12.4. The van der Waals surface area contributed by atoms with Gasteiger partial charge in [-0.05, 0) is 23.6 Å². The summed E-state index contributed by atoms with van der Waals surface area (Å²) in [4.78, 5) is 23.8. The van der Waals surface area contributed by atoms with Gasteiger partial charge < -0.3 is 19.0 Å². The Labute approximate surface area is 151 Å². The van der Waals surface area contributed by atoms with Gasteiger partial charge in [-0.2, -0.15) is 0 Å². The first-order valence-electron chi connectivity index (χ1n) is 7.28. The molecule has 0 spiro atoms. The number of carboxylic acid groups (broad SMARTS) is 1. The van der Waals surface area contributed by atoms with Crippen molar-refractivity contribution in [1.29, 1.82) is 0 Å². The van der Waals surface area contributed by atoms with E-state index in [1.165, 1.54) is 36.6 Å². The predicted octanol–water partition coefficient (Wildman–Crippen LogP) is 2.52. The van der Waals surface area contributed by atoms with E-state index in [1.54, 1.807) is 0 Å². The number of aromatic nitrogens is 2. The number of carbonyl (C=O) groups is 2. The fourth-order valence-corrected chi connectivity index (χ4v) is 2.68. The minimum absolute atomic E-state index is 0.0494. The molecule has 2 N–H and O–H groups in total. The van der Waals surface area contributed by atoms with Crippen LogP contribution in [0.5, 0.6) is 11.5 Å². The summed E-state index contributed by atoms with van der Waals surface area (Å²) < 4.78 is 15.6. The molecule has 3 aromatic rings. The van der Waals surface area contributed by atoms with Gasteiger partial charge in [0.2, 0.25) is 0 Å². The van der Waals surface area contributed by atoms with Gasteiger partial charge >= 0.3 is 12.0 Å². The van der Waals surface area contributed by atoms with Crippen LogP contribution in [0.1, 0.15) is 10.4 Å². The largest absolute Gasteiger partial charge is 0.496 e. The van der Waals surface area contributed by atoms with Crippen molar-refractivity contribution >= 4 is 29.2 Å². The second-order valence-electron chi connectivity index (χ2n) is 4.89.